The molecule has 1 aliphatic rings. The van der Waals surface area contributed by atoms with E-state index < -0.39 is 6.55 Å². The molecule has 1 aliphatic carbocycles. The first-order chi connectivity index (χ1) is 17.0. The Morgan fingerprint density at radius 1 is 1.03 bits per heavy atom. The molecule has 0 bridgehead atoms. The number of fused-ring (bicyclic) bond motifs is 1. The van der Waals surface area contributed by atoms with Gasteiger partial charge < -0.3 is 0 Å². The lowest BCUT2D eigenvalue weighted by Gasteiger charge is -2.27. The fraction of sp³-hybridized carbons (Fsp3) is 0.692. The molecule has 200 valence electrons. The van der Waals surface area contributed by atoms with Crippen molar-refractivity contribution >= 4 is 0 Å². The van der Waals surface area contributed by atoms with E-state index in [1.807, 2.05) is 34.0 Å². The molecule has 3 aromatic heterocycles. The van der Waals surface area contributed by atoms with Gasteiger partial charge in [0, 0.05) is 31.5 Å². The van der Waals surface area contributed by atoms with Crippen LogP contribution in [0.25, 0.3) is 0 Å². The van der Waals surface area contributed by atoms with E-state index in [0.29, 0.717) is 28.3 Å². The minimum atomic E-state index is -2.59. The predicted molar refractivity (Wildman–Crippen MR) is 137 cm³/mol. The highest BCUT2D eigenvalue weighted by atomic mass is 19.3. The molecule has 0 spiro atoms. The van der Waals surface area contributed by atoms with E-state index in [2.05, 4.69) is 57.8 Å². The summed E-state index contributed by atoms with van der Waals surface area (Å²) in [5.74, 6) is 4.47. The number of aromatic nitrogens is 8. The van der Waals surface area contributed by atoms with E-state index >= 15 is 0 Å². The molecule has 0 aliphatic heterocycles. The standard InChI is InChI=1S/C12H18N2.C7H11F2N3.C7H13N3/c1-8(2)11-6-4-5-10-7-13-9(3)14-12(10)11;1-3-5(2)6-10-4-12(11-6)7(8)9;1-6(2)4-7-8-5-10(3)9-7/h7-8,11H,4-6H2,1-3H3;4-5,7H,3H2,1-2H3;5-6H,4H2,1-3H3. The molecule has 0 fully saturated rings. The summed E-state index contributed by atoms with van der Waals surface area (Å²) in [4.78, 5) is 16.8. The molecular weight excluding hydrogens is 462 g/mol. The summed E-state index contributed by atoms with van der Waals surface area (Å²) in [5, 5.41) is 7.79. The molecule has 10 heteroatoms. The minimum absolute atomic E-state index is 0.144. The van der Waals surface area contributed by atoms with Gasteiger partial charge in [-0.2, -0.15) is 23.7 Å². The van der Waals surface area contributed by atoms with Gasteiger partial charge in [0.15, 0.2) is 11.6 Å². The van der Waals surface area contributed by atoms with Gasteiger partial charge in [-0.25, -0.2) is 19.9 Å². The fourth-order valence-corrected chi connectivity index (χ4v) is 3.96. The molecule has 3 heterocycles. The molecule has 0 aromatic carbocycles. The zero-order valence-corrected chi connectivity index (χ0v) is 23.0. The van der Waals surface area contributed by atoms with Gasteiger partial charge in [-0.3, -0.25) is 4.68 Å². The van der Waals surface area contributed by atoms with Crippen LogP contribution in [0.4, 0.5) is 8.78 Å². The van der Waals surface area contributed by atoms with Crippen LogP contribution >= 0.6 is 0 Å². The van der Waals surface area contributed by atoms with Gasteiger partial charge in [-0.15, -0.1) is 0 Å². The predicted octanol–water partition coefficient (Wildman–Crippen LogP) is 6.06. The summed E-state index contributed by atoms with van der Waals surface area (Å²) in [5.41, 5.74) is 2.69. The number of rotatable bonds is 6. The second-order valence-corrected chi connectivity index (χ2v) is 10.2. The topological polar surface area (TPSA) is 87.2 Å². The largest absolute Gasteiger partial charge is 0.334 e. The van der Waals surface area contributed by atoms with E-state index in [9.17, 15) is 8.78 Å². The van der Waals surface area contributed by atoms with Gasteiger partial charge in [0.2, 0.25) is 0 Å². The first-order valence-corrected chi connectivity index (χ1v) is 12.9. The molecule has 0 radical (unpaired) electrons. The van der Waals surface area contributed by atoms with Gasteiger partial charge in [0.1, 0.15) is 18.5 Å². The summed E-state index contributed by atoms with van der Waals surface area (Å²) in [6.45, 7) is 12.2. The molecule has 0 saturated carbocycles. The van der Waals surface area contributed by atoms with Gasteiger partial charge in [0.25, 0.3) is 0 Å². The molecule has 2 atom stereocenters. The Morgan fingerprint density at radius 2 is 1.75 bits per heavy atom. The number of hydrogen-bond acceptors (Lipinski definition) is 6. The number of nitrogens with zero attached hydrogens (tertiary/aromatic N) is 8. The Morgan fingerprint density at radius 3 is 2.28 bits per heavy atom. The van der Waals surface area contributed by atoms with Crippen molar-refractivity contribution in [2.75, 3.05) is 0 Å². The van der Waals surface area contributed by atoms with Gasteiger partial charge in [-0.05, 0) is 50.0 Å². The van der Waals surface area contributed by atoms with E-state index in [1.165, 1.54) is 30.5 Å². The van der Waals surface area contributed by atoms with E-state index in [0.717, 1.165) is 30.8 Å². The maximum atomic E-state index is 12.0. The lowest BCUT2D eigenvalue weighted by atomic mass is 9.80. The lowest BCUT2D eigenvalue weighted by Crippen LogP contribution is -2.17. The van der Waals surface area contributed by atoms with Crippen molar-refractivity contribution < 1.29 is 8.78 Å². The molecular formula is C26H42F2N8. The van der Waals surface area contributed by atoms with Crippen molar-refractivity contribution in [3.05, 3.63) is 47.6 Å². The highest BCUT2D eigenvalue weighted by Gasteiger charge is 2.24. The maximum absolute atomic E-state index is 12.0. The quantitative estimate of drug-likeness (QED) is 0.405. The Hall–Kier alpha value is -2.78. The molecule has 2 unspecified atom stereocenters. The zero-order valence-electron chi connectivity index (χ0n) is 23.0. The Kier molecular flexibility index (Phi) is 11.5. The summed E-state index contributed by atoms with van der Waals surface area (Å²) < 4.78 is 26.3. The molecule has 4 rings (SSSR count). The number of aryl methyl sites for hydroxylation is 3. The minimum Gasteiger partial charge on any atom is -0.256 e. The SMILES string of the molecule is CC(C)Cc1ncn(C)n1.CCC(C)c1ncn(C(F)F)n1.Cc1ncc2c(n1)C(C(C)C)CCC2. The first kappa shape index (κ1) is 29.5. The van der Waals surface area contributed by atoms with Crippen LogP contribution in [0.3, 0.4) is 0 Å². The van der Waals surface area contributed by atoms with Crippen LogP contribution in [0, 0.1) is 18.8 Å². The summed E-state index contributed by atoms with van der Waals surface area (Å²) in [6.07, 6.45) is 10.4. The molecule has 8 nitrogen and oxygen atoms in total. The van der Waals surface area contributed by atoms with Crippen LogP contribution in [0.2, 0.25) is 0 Å². The van der Waals surface area contributed by atoms with Crippen molar-refractivity contribution in [2.24, 2.45) is 18.9 Å². The second-order valence-electron chi connectivity index (χ2n) is 10.2. The molecule has 0 N–H and O–H groups in total. The van der Waals surface area contributed by atoms with Crippen molar-refractivity contribution in [2.45, 2.75) is 99.0 Å². The lowest BCUT2D eigenvalue weighted by molar-refractivity contribution is 0.0557. The molecule has 3 aromatic rings. The third-order valence-corrected chi connectivity index (χ3v) is 6.15. The van der Waals surface area contributed by atoms with Crippen LogP contribution < -0.4 is 0 Å². The summed E-state index contributed by atoms with van der Waals surface area (Å²) in [6, 6.07) is 0. The summed E-state index contributed by atoms with van der Waals surface area (Å²) in [7, 11) is 1.89. The average molecular weight is 505 g/mol. The highest BCUT2D eigenvalue weighted by molar-refractivity contribution is 5.24. The Labute approximate surface area is 214 Å². The van der Waals surface area contributed by atoms with Gasteiger partial charge in [0.05, 0.1) is 5.69 Å². The van der Waals surface area contributed by atoms with Crippen LogP contribution in [-0.2, 0) is 19.9 Å². The maximum Gasteiger partial charge on any atom is 0.334 e. The van der Waals surface area contributed by atoms with Crippen molar-refractivity contribution in [3.8, 4) is 0 Å². The summed E-state index contributed by atoms with van der Waals surface area (Å²) >= 11 is 0. The van der Waals surface area contributed by atoms with E-state index in [4.69, 9.17) is 0 Å². The third-order valence-electron chi connectivity index (χ3n) is 6.15. The average Bonchev–Trinajstić information content (AvgIpc) is 3.48. The zero-order chi connectivity index (χ0) is 26.8. The van der Waals surface area contributed by atoms with Crippen LogP contribution in [0.5, 0.6) is 0 Å². The number of halogens is 2. The highest BCUT2D eigenvalue weighted by Crippen LogP contribution is 2.34. The second kappa shape index (κ2) is 14.1. The van der Waals surface area contributed by atoms with Crippen LogP contribution in [0.1, 0.15) is 108 Å². The van der Waals surface area contributed by atoms with Gasteiger partial charge in [-0.1, -0.05) is 41.5 Å². The fourth-order valence-electron chi connectivity index (χ4n) is 3.96. The number of hydrogen-bond donors (Lipinski definition) is 0. The Balaban J connectivity index is 0.000000193. The Bertz CT molecular complexity index is 1040. The van der Waals surface area contributed by atoms with Crippen LogP contribution in [0.15, 0.2) is 18.9 Å². The number of alkyl halides is 2. The third kappa shape index (κ3) is 9.02. The smallest absolute Gasteiger partial charge is 0.256 e. The monoisotopic (exact) mass is 504 g/mol. The van der Waals surface area contributed by atoms with E-state index in [1.54, 1.807) is 11.0 Å². The van der Waals surface area contributed by atoms with Crippen molar-refractivity contribution in [1.29, 1.82) is 0 Å². The normalized spacial score (nSPS) is 15.8. The first-order valence-electron chi connectivity index (χ1n) is 12.9. The van der Waals surface area contributed by atoms with Crippen molar-refractivity contribution in [3.63, 3.8) is 0 Å². The molecule has 0 saturated heterocycles. The molecule has 0 amide bonds. The van der Waals surface area contributed by atoms with Crippen LogP contribution in [-0.4, -0.2) is 39.5 Å². The van der Waals surface area contributed by atoms with Gasteiger partial charge >= 0.3 is 6.55 Å². The van der Waals surface area contributed by atoms with E-state index in [-0.39, 0.29) is 5.92 Å². The van der Waals surface area contributed by atoms with Crippen molar-refractivity contribution in [1.82, 2.24) is 39.5 Å². The molecule has 36 heavy (non-hydrogen) atoms.